The van der Waals surface area contributed by atoms with Crippen molar-refractivity contribution >= 4 is 23.1 Å². The Morgan fingerprint density at radius 2 is 2.06 bits per heavy atom. The molecule has 0 spiro atoms. The summed E-state index contributed by atoms with van der Waals surface area (Å²) in [5.41, 5.74) is 2.03. The van der Waals surface area contributed by atoms with E-state index in [0.717, 1.165) is 30.2 Å². The molecule has 0 bridgehead atoms. The van der Waals surface area contributed by atoms with Crippen LogP contribution in [0.3, 0.4) is 0 Å². The molecule has 3 nitrogen and oxygen atoms in total. The standard InChI is InChI=1S/C12H16ClN3/c1-3-15(4-2)12-10(9-13)16-8-6-5-7-11(16)14-12/h5-8H,3-4,9H2,1-2H3. The van der Waals surface area contributed by atoms with Crippen LogP contribution in [-0.4, -0.2) is 22.5 Å². The topological polar surface area (TPSA) is 20.5 Å². The van der Waals surface area contributed by atoms with Crippen LogP contribution in [0.15, 0.2) is 24.4 Å². The third-order valence-corrected chi connectivity index (χ3v) is 3.05. The van der Waals surface area contributed by atoms with Crippen LogP contribution in [0.25, 0.3) is 5.65 Å². The van der Waals surface area contributed by atoms with E-state index >= 15 is 0 Å². The summed E-state index contributed by atoms with van der Waals surface area (Å²) in [6, 6.07) is 5.99. The van der Waals surface area contributed by atoms with Gasteiger partial charge in [0.25, 0.3) is 0 Å². The first-order valence-corrected chi connectivity index (χ1v) is 6.12. The third-order valence-electron chi connectivity index (χ3n) is 2.80. The molecule has 2 heterocycles. The van der Waals surface area contributed by atoms with E-state index in [2.05, 4.69) is 28.1 Å². The number of halogens is 1. The molecule has 16 heavy (non-hydrogen) atoms. The maximum atomic E-state index is 6.02. The van der Waals surface area contributed by atoms with Crippen molar-refractivity contribution in [3.05, 3.63) is 30.1 Å². The van der Waals surface area contributed by atoms with E-state index in [4.69, 9.17) is 11.6 Å². The Balaban J connectivity index is 2.60. The van der Waals surface area contributed by atoms with Crippen LogP contribution in [0, 0.1) is 0 Å². The van der Waals surface area contributed by atoms with Crippen molar-refractivity contribution in [3.63, 3.8) is 0 Å². The van der Waals surface area contributed by atoms with Gasteiger partial charge in [0.05, 0.1) is 11.6 Å². The third kappa shape index (κ3) is 1.76. The highest BCUT2D eigenvalue weighted by molar-refractivity contribution is 6.17. The average molecular weight is 238 g/mol. The van der Waals surface area contributed by atoms with Crippen molar-refractivity contribution in [1.29, 1.82) is 0 Å². The van der Waals surface area contributed by atoms with Crippen LogP contribution < -0.4 is 4.90 Å². The van der Waals surface area contributed by atoms with Gasteiger partial charge in [-0.05, 0) is 26.0 Å². The fourth-order valence-electron chi connectivity index (χ4n) is 1.93. The first kappa shape index (κ1) is 11.3. The number of fused-ring (bicyclic) bond motifs is 1. The van der Waals surface area contributed by atoms with E-state index in [9.17, 15) is 0 Å². The Morgan fingerprint density at radius 3 is 2.69 bits per heavy atom. The summed E-state index contributed by atoms with van der Waals surface area (Å²) in [6.07, 6.45) is 2.01. The molecule has 4 heteroatoms. The predicted molar refractivity (Wildman–Crippen MR) is 68.3 cm³/mol. The molecule has 0 fully saturated rings. The fourth-order valence-corrected chi connectivity index (χ4v) is 2.18. The lowest BCUT2D eigenvalue weighted by Gasteiger charge is -2.19. The van der Waals surface area contributed by atoms with Gasteiger partial charge in [-0.15, -0.1) is 11.6 Å². The second-order valence-corrected chi connectivity index (χ2v) is 3.88. The number of nitrogens with zero attached hydrogens (tertiary/aromatic N) is 3. The zero-order chi connectivity index (χ0) is 11.5. The van der Waals surface area contributed by atoms with Gasteiger partial charge in [0.2, 0.25) is 0 Å². The second-order valence-electron chi connectivity index (χ2n) is 3.62. The van der Waals surface area contributed by atoms with Gasteiger partial charge in [-0.2, -0.15) is 0 Å². The van der Waals surface area contributed by atoms with Gasteiger partial charge in [-0.3, -0.25) is 0 Å². The highest BCUT2D eigenvalue weighted by Gasteiger charge is 2.14. The first-order chi connectivity index (χ1) is 7.81. The molecular formula is C12H16ClN3. The van der Waals surface area contributed by atoms with Crippen LogP contribution in [0.5, 0.6) is 0 Å². The van der Waals surface area contributed by atoms with Crippen molar-refractivity contribution in [3.8, 4) is 0 Å². The molecule has 2 rings (SSSR count). The van der Waals surface area contributed by atoms with Gasteiger partial charge in [0, 0.05) is 19.3 Å². The van der Waals surface area contributed by atoms with Gasteiger partial charge in [0.1, 0.15) is 5.65 Å². The van der Waals surface area contributed by atoms with Gasteiger partial charge >= 0.3 is 0 Å². The number of anilines is 1. The van der Waals surface area contributed by atoms with Crippen molar-refractivity contribution in [2.24, 2.45) is 0 Å². The number of hydrogen-bond donors (Lipinski definition) is 0. The highest BCUT2D eigenvalue weighted by atomic mass is 35.5. The lowest BCUT2D eigenvalue weighted by Crippen LogP contribution is -2.23. The Labute approximate surface area is 101 Å². The average Bonchev–Trinajstić information content (AvgIpc) is 2.69. The van der Waals surface area contributed by atoms with E-state index in [1.54, 1.807) is 0 Å². The largest absolute Gasteiger partial charge is 0.356 e. The summed E-state index contributed by atoms with van der Waals surface area (Å²) in [5, 5.41) is 0. The zero-order valence-electron chi connectivity index (χ0n) is 9.65. The SMILES string of the molecule is CCN(CC)c1nc2ccccn2c1CCl. The molecule has 0 atom stereocenters. The van der Waals surface area contributed by atoms with Crippen molar-refractivity contribution in [2.45, 2.75) is 19.7 Å². The number of aromatic nitrogens is 2. The van der Waals surface area contributed by atoms with E-state index in [0.29, 0.717) is 5.88 Å². The maximum absolute atomic E-state index is 6.02. The molecule has 0 aliphatic heterocycles. The molecule has 0 unspecified atom stereocenters. The Kier molecular flexibility index (Phi) is 3.34. The molecule has 86 valence electrons. The molecule has 0 amide bonds. The normalized spacial score (nSPS) is 10.9. The summed E-state index contributed by atoms with van der Waals surface area (Å²) in [5.74, 6) is 1.49. The number of hydrogen-bond acceptors (Lipinski definition) is 2. The zero-order valence-corrected chi connectivity index (χ0v) is 10.4. The maximum Gasteiger partial charge on any atom is 0.152 e. The van der Waals surface area contributed by atoms with Gasteiger partial charge in [-0.1, -0.05) is 6.07 Å². The molecule has 0 saturated heterocycles. The number of pyridine rings is 1. The number of imidazole rings is 1. The fraction of sp³-hybridized carbons (Fsp3) is 0.417. The van der Waals surface area contributed by atoms with Crippen LogP contribution in [0.4, 0.5) is 5.82 Å². The van der Waals surface area contributed by atoms with Crippen LogP contribution in [0.2, 0.25) is 0 Å². The quantitative estimate of drug-likeness (QED) is 0.763. The van der Waals surface area contributed by atoms with E-state index in [1.165, 1.54) is 0 Å². The minimum absolute atomic E-state index is 0.483. The van der Waals surface area contributed by atoms with E-state index in [1.807, 2.05) is 24.4 Å². The smallest absolute Gasteiger partial charge is 0.152 e. The Bertz CT molecular complexity index is 474. The predicted octanol–water partition coefficient (Wildman–Crippen LogP) is 2.92. The minimum atomic E-state index is 0.483. The van der Waals surface area contributed by atoms with Crippen molar-refractivity contribution in [1.82, 2.24) is 9.38 Å². The highest BCUT2D eigenvalue weighted by Crippen LogP contribution is 2.22. The van der Waals surface area contributed by atoms with E-state index in [-0.39, 0.29) is 0 Å². The molecule has 0 aromatic carbocycles. The Morgan fingerprint density at radius 1 is 1.31 bits per heavy atom. The van der Waals surface area contributed by atoms with Crippen LogP contribution in [0.1, 0.15) is 19.5 Å². The number of alkyl halides is 1. The van der Waals surface area contributed by atoms with Crippen LogP contribution >= 0.6 is 11.6 Å². The lowest BCUT2D eigenvalue weighted by molar-refractivity contribution is 0.843. The molecule has 0 N–H and O–H groups in total. The van der Waals surface area contributed by atoms with E-state index < -0.39 is 0 Å². The molecule has 0 saturated carbocycles. The molecule has 0 aliphatic rings. The lowest BCUT2D eigenvalue weighted by atomic mass is 10.4. The summed E-state index contributed by atoms with van der Waals surface area (Å²) >= 11 is 6.02. The van der Waals surface area contributed by atoms with Gasteiger partial charge < -0.3 is 9.30 Å². The van der Waals surface area contributed by atoms with Gasteiger partial charge in [-0.25, -0.2) is 4.98 Å². The minimum Gasteiger partial charge on any atom is -0.356 e. The molecule has 0 aliphatic carbocycles. The number of rotatable bonds is 4. The second kappa shape index (κ2) is 4.74. The first-order valence-electron chi connectivity index (χ1n) is 5.58. The molecular weight excluding hydrogens is 222 g/mol. The summed E-state index contributed by atoms with van der Waals surface area (Å²) < 4.78 is 2.06. The monoisotopic (exact) mass is 237 g/mol. The van der Waals surface area contributed by atoms with Crippen molar-refractivity contribution in [2.75, 3.05) is 18.0 Å². The van der Waals surface area contributed by atoms with Crippen molar-refractivity contribution < 1.29 is 0 Å². The molecule has 2 aromatic heterocycles. The van der Waals surface area contributed by atoms with Crippen LogP contribution in [-0.2, 0) is 5.88 Å². The summed E-state index contributed by atoms with van der Waals surface area (Å²) in [4.78, 5) is 6.86. The summed E-state index contributed by atoms with van der Waals surface area (Å²) in [7, 11) is 0. The van der Waals surface area contributed by atoms with Gasteiger partial charge in [0.15, 0.2) is 5.82 Å². The summed E-state index contributed by atoms with van der Waals surface area (Å²) in [6.45, 7) is 6.16. The Hall–Kier alpha value is -1.22. The molecule has 2 aromatic rings. The molecule has 0 radical (unpaired) electrons.